The number of methoxy groups -OCH3 is 1. The highest BCUT2D eigenvalue weighted by Crippen LogP contribution is 2.36. The molecule has 122 valence electrons. The second-order valence-corrected chi connectivity index (χ2v) is 5.73. The normalized spacial score (nSPS) is 16.7. The van der Waals surface area contributed by atoms with Gasteiger partial charge in [-0.25, -0.2) is 0 Å². The molecule has 0 saturated carbocycles. The Hall–Kier alpha value is -3.02. The van der Waals surface area contributed by atoms with Crippen molar-refractivity contribution in [3.8, 4) is 5.75 Å². The molecule has 0 radical (unpaired) electrons. The summed E-state index contributed by atoms with van der Waals surface area (Å²) in [5, 5.41) is 7.17. The lowest BCUT2D eigenvalue weighted by molar-refractivity contribution is 0.0956. The van der Waals surface area contributed by atoms with E-state index in [-0.39, 0.29) is 11.7 Å². The summed E-state index contributed by atoms with van der Waals surface area (Å²) in [6.07, 6.45) is 2.61. The van der Waals surface area contributed by atoms with Crippen molar-refractivity contribution in [3.05, 3.63) is 59.7 Å². The fourth-order valence-electron chi connectivity index (χ4n) is 2.99. The van der Waals surface area contributed by atoms with Gasteiger partial charge >= 0.3 is 0 Å². The van der Waals surface area contributed by atoms with Crippen LogP contribution in [0.25, 0.3) is 0 Å². The topological polar surface area (TPSA) is 77.5 Å². The second-order valence-electron chi connectivity index (χ2n) is 5.73. The lowest BCUT2D eigenvalue weighted by Crippen LogP contribution is -2.17. The number of benzene rings is 1. The van der Waals surface area contributed by atoms with E-state index in [0.717, 1.165) is 17.2 Å². The van der Waals surface area contributed by atoms with Gasteiger partial charge in [0.1, 0.15) is 17.1 Å². The summed E-state index contributed by atoms with van der Waals surface area (Å²) in [6, 6.07) is 11.1. The summed E-state index contributed by atoms with van der Waals surface area (Å²) >= 11 is 0. The van der Waals surface area contributed by atoms with Gasteiger partial charge in [0, 0.05) is 24.4 Å². The summed E-state index contributed by atoms with van der Waals surface area (Å²) in [7, 11) is 1.62. The van der Waals surface area contributed by atoms with Crippen molar-refractivity contribution < 1.29 is 18.5 Å². The molecule has 6 heteroatoms. The van der Waals surface area contributed by atoms with Crippen molar-refractivity contribution in [2.24, 2.45) is 0 Å². The van der Waals surface area contributed by atoms with Crippen molar-refractivity contribution in [1.29, 1.82) is 0 Å². The number of carbonyl (C=O) groups is 1. The number of hydrogen-bond acceptors (Lipinski definition) is 6. The van der Waals surface area contributed by atoms with Crippen LogP contribution in [0.5, 0.6) is 5.75 Å². The number of anilines is 2. The molecule has 24 heavy (non-hydrogen) atoms. The van der Waals surface area contributed by atoms with Gasteiger partial charge in [0.15, 0.2) is 17.4 Å². The molecule has 1 aliphatic rings. The van der Waals surface area contributed by atoms with Crippen molar-refractivity contribution in [3.63, 3.8) is 0 Å². The molecule has 4 rings (SSSR count). The van der Waals surface area contributed by atoms with Gasteiger partial charge in [-0.1, -0.05) is 5.16 Å². The predicted molar refractivity (Wildman–Crippen MR) is 86.9 cm³/mol. The zero-order valence-electron chi connectivity index (χ0n) is 13.1. The van der Waals surface area contributed by atoms with Crippen LogP contribution < -0.4 is 10.1 Å². The molecule has 0 saturated heterocycles. The van der Waals surface area contributed by atoms with Crippen LogP contribution in [0, 0.1) is 0 Å². The first-order valence-corrected chi connectivity index (χ1v) is 7.71. The Morgan fingerprint density at radius 2 is 2.04 bits per heavy atom. The average Bonchev–Trinajstić information content (AvgIpc) is 3.26. The minimum absolute atomic E-state index is 0.00165. The van der Waals surface area contributed by atoms with E-state index in [1.165, 1.54) is 0 Å². The van der Waals surface area contributed by atoms with Crippen LogP contribution in [-0.2, 0) is 6.42 Å². The number of ketones is 1. The molecule has 1 aliphatic carbocycles. The maximum absolute atomic E-state index is 12.6. The van der Waals surface area contributed by atoms with E-state index in [2.05, 4.69) is 10.5 Å². The molecule has 2 heterocycles. The number of carbonyl (C=O) groups excluding carboxylic acids is 1. The van der Waals surface area contributed by atoms with Crippen LogP contribution in [0.2, 0.25) is 0 Å². The number of nitrogens with zero attached hydrogens (tertiary/aromatic N) is 1. The number of rotatable bonds is 4. The van der Waals surface area contributed by atoms with Gasteiger partial charge in [-0.15, -0.1) is 0 Å². The highest BCUT2D eigenvalue weighted by molar-refractivity contribution is 6.03. The third-order valence-corrected chi connectivity index (χ3v) is 4.20. The summed E-state index contributed by atoms with van der Waals surface area (Å²) in [5.41, 5.74) is 1.35. The minimum Gasteiger partial charge on any atom is -0.497 e. The fraction of sp³-hybridized carbons (Fsp3) is 0.222. The quantitative estimate of drug-likeness (QED) is 0.783. The van der Waals surface area contributed by atoms with Gasteiger partial charge in [-0.3, -0.25) is 4.79 Å². The van der Waals surface area contributed by atoms with E-state index in [9.17, 15) is 4.79 Å². The van der Waals surface area contributed by atoms with Crippen molar-refractivity contribution in [2.45, 2.75) is 18.8 Å². The number of furan rings is 1. The van der Waals surface area contributed by atoms with Gasteiger partial charge in [0.2, 0.25) is 0 Å². The van der Waals surface area contributed by atoms with E-state index >= 15 is 0 Å². The molecular weight excluding hydrogens is 308 g/mol. The Labute approximate surface area is 138 Å². The molecule has 0 amide bonds. The lowest BCUT2D eigenvalue weighted by Gasteiger charge is -2.18. The van der Waals surface area contributed by atoms with E-state index in [1.54, 1.807) is 13.4 Å². The molecule has 1 aromatic carbocycles. The summed E-state index contributed by atoms with van der Waals surface area (Å²) in [4.78, 5) is 12.6. The molecule has 1 unspecified atom stereocenters. The maximum atomic E-state index is 12.6. The molecule has 0 aliphatic heterocycles. The molecule has 1 atom stereocenters. The van der Waals surface area contributed by atoms with Crippen molar-refractivity contribution in [2.75, 3.05) is 12.4 Å². The van der Waals surface area contributed by atoms with E-state index in [4.69, 9.17) is 13.7 Å². The zero-order chi connectivity index (χ0) is 16.5. The SMILES string of the molecule is COc1ccc(Nc2noc3c2C(=O)CC(c2ccco2)C3)cc1. The zero-order valence-corrected chi connectivity index (χ0v) is 13.1. The van der Waals surface area contributed by atoms with Gasteiger partial charge in [-0.05, 0) is 36.4 Å². The van der Waals surface area contributed by atoms with Gasteiger partial charge in [-0.2, -0.15) is 0 Å². The minimum atomic E-state index is 0.00165. The molecule has 1 N–H and O–H groups in total. The largest absolute Gasteiger partial charge is 0.497 e. The molecule has 0 bridgehead atoms. The first-order valence-electron chi connectivity index (χ1n) is 7.71. The van der Waals surface area contributed by atoms with E-state index in [0.29, 0.717) is 30.0 Å². The van der Waals surface area contributed by atoms with Crippen LogP contribution in [0.15, 0.2) is 51.6 Å². The molecule has 3 aromatic rings. The molecule has 6 nitrogen and oxygen atoms in total. The molecular formula is C18H16N2O4. The van der Waals surface area contributed by atoms with Crippen LogP contribution in [0.1, 0.15) is 34.2 Å². The van der Waals surface area contributed by atoms with Gasteiger partial charge < -0.3 is 19.0 Å². The summed E-state index contributed by atoms with van der Waals surface area (Å²) in [6.45, 7) is 0. The average molecular weight is 324 g/mol. The Balaban J connectivity index is 1.58. The second kappa shape index (κ2) is 5.88. The molecule has 0 fully saturated rings. The van der Waals surface area contributed by atoms with Crippen LogP contribution in [0.4, 0.5) is 11.5 Å². The van der Waals surface area contributed by atoms with E-state index < -0.39 is 0 Å². The number of Topliss-reactive ketones (excluding diaryl/α,β-unsaturated/α-hetero) is 1. The Kier molecular flexibility index (Phi) is 3.57. The van der Waals surface area contributed by atoms with Crippen LogP contribution in [-0.4, -0.2) is 18.0 Å². The number of hydrogen-bond donors (Lipinski definition) is 1. The lowest BCUT2D eigenvalue weighted by atomic mass is 9.85. The first-order chi connectivity index (χ1) is 11.7. The fourth-order valence-corrected chi connectivity index (χ4v) is 2.99. The van der Waals surface area contributed by atoms with E-state index in [1.807, 2.05) is 36.4 Å². The monoisotopic (exact) mass is 324 g/mol. The van der Waals surface area contributed by atoms with Gasteiger partial charge in [0.25, 0.3) is 0 Å². The third kappa shape index (κ3) is 2.56. The summed E-state index contributed by atoms with van der Waals surface area (Å²) < 4.78 is 16.0. The molecule has 0 spiro atoms. The third-order valence-electron chi connectivity index (χ3n) is 4.20. The van der Waals surface area contributed by atoms with Crippen molar-refractivity contribution >= 4 is 17.3 Å². The Morgan fingerprint density at radius 3 is 2.75 bits per heavy atom. The van der Waals surface area contributed by atoms with Crippen LogP contribution in [0.3, 0.4) is 0 Å². The highest BCUT2D eigenvalue weighted by atomic mass is 16.5. The smallest absolute Gasteiger partial charge is 0.185 e. The Bertz CT molecular complexity index is 850. The maximum Gasteiger partial charge on any atom is 0.185 e. The number of nitrogens with one attached hydrogen (secondary N) is 1. The number of fused-ring (bicyclic) bond motifs is 1. The summed E-state index contributed by atoms with van der Waals surface area (Å²) in [5.74, 6) is 2.63. The number of aromatic nitrogens is 1. The predicted octanol–water partition coefficient (Wildman–Crippen LogP) is 3.93. The molecule has 2 aromatic heterocycles. The van der Waals surface area contributed by atoms with Gasteiger partial charge in [0.05, 0.1) is 13.4 Å². The van der Waals surface area contributed by atoms with Crippen LogP contribution >= 0.6 is 0 Å². The Morgan fingerprint density at radius 1 is 1.21 bits per heavy atom. The standard InChI is InChI=1S/C18H16N2O4/c1-22-13-6-4-12(5-7-13)19-18-17-14(21)9-11(10-16(17)24-20-18)15-3-2-8-23-15/h2-8,11H,9-10H2,1H3,(H,19,20). The first kappa shape index (κ1) is 14.6. The highest BCUT2D eigenvalue weighted by Gasteiger charge is 2.34. The number of ether oxygens (including phenoxy) is 1. The van der Waals surface area contributed by atoms with Crippen molar-refractivity contribution in [1.82, 2.24) is 5.16 Å².